The molecule has 8 rings (SSSR count). The Morgan fingerprint density at radius 3 is 0.812 bits per heavy atom. The molecule has 8 unspecified atom stereocenters. The van der Waals surface area contributed by atoms with E-state index in [2.05, 4.69) is 58.1 Å². The highest BCUT2D eigenvalue weighted by Crippen LogP contribution is 2.48. The topological polar surface area (TPSA) is 395 Å². The molecule has 0 aliphatic carbocycles. The van der Waals surface area contributed by atoms with Gasteiger partial charge in [-0.1, -0.05) is 103 Å². The summed E-state index contributed by atoms with van der Waals surface area (Å²) >= 11 is 21.0. The van der Waals surface area contributed by atoms with E-state index in [1.165, 1.54) is 0 Å². The zero-order valence-electron chi connectivity index (χ0n) is 73.5. The Balaban J connectivity index is 0.000000640. The van der Waals surface area contributed by atoms with Gasteiger partial charge < -0.3 is 112 Å². The van der Waals surface area contributed by atoms with Gasteiger partial charge in [0.05, 0.1) is 169 Å². The molecule has 8 saturated heterocycles. The molecule has 8 aliphatic heterocycles. The van der Waals surface area contributed by atoms with Gasteiger partial charge in [-0.25, -0.2) is 0 Å². The Hall–Kier alpha value is 2.56. The molecule has 112 heavy (non-hydrogen) atoms. The third kappa shape index (κ3) is 42.0. The number of nitrogens with one attached hydrogen (secondary N) is 2. The Morgan fingerprint density at radius 2 is 0.562 bits per heavy atom. The SMILES string of the molecule is CC1[C@H](C)O[C@H](CO)[C@@H]1NP(C)(C)=O.CC1[C@H](C)O[C@H](CO)[C@@H]1NP(C)(C)=S.CC1[C@H](C)O[C@H](CO)[C@@H]1OP(C)(C)=O.CC1[C@H](C)O[C@H](CO)[C@@H]1OP(C)(C)=S.CC1[C@H](C)O[C@H](COP(C)(C)=O)[C@@H]1N.CC1[C@H](C)O[C@H](COP(C)(C)=O)[C@@H]1O.CC1[C@H](C)O[C@H](COP(C)(C)=S)[C@@H]1N.CC1[C@H](C)O[C@H](COP(C)(C)=S)[C@@H]1O. The van der Waals surface area contributed by atoms with Crippen LogP contribution >= 0.6 is 54.4 Å². The normalized spacial score (nSPS) is 38.9. The first-order valence-electron chi connectivity index (χ1n) is 39.1. The molecule has 0 aromatic heterocycles. The fourth-order valence-corrected chi connectivity index (χ4v) is 20.2. The summed E-state index contributed by atoms with van der Waals surface area (Å²) in [5.74, 6) is 2.17. The Kier molecular flexibility index (Phi) is 49.7. The van der Waals surface area contributed by atoms with Crippen LogP contribution in [0.15, 0.2) is 0 Å². The number of rotatable bonds is 24. The molecule has 0 spiro atoms. The van der Waals surface area contributed by atoms with Gasteiger partial charge in [0.1, 0.15) is 31.7 Å². The van der Waals surface area contributed by atoms with Crippen molar-refractivity contribution in [2.75, 3.05) is 159 Å². The molecule has 0 bridgehead atoms. The van der Waals surface area contributed by atoms with Gasteiger partial charge in [0.2, 0.25) is 0 Å². The number of hydrogen-bond donors (Lipinski definition) is 10. The molecule has 28 nitrogen and oxygen atoms in total. The highest BCUT2D eigenvalue weighted by Gasteiger charge is 2.47. The summed E-state index contributed by atoms with van der Waals surface area (Å²) in [5.41, 5.74) is 12.0. The fourth-order valence-electron chi connectivity index (χ4n) is 13.1. The highest BCUT2D eigenvalue weighted by molar-refractivity contribution is 8.13. The number of ether oxygens (including phenoxy) is 8. The fraction of sp³-hybridized carbons (Fsp3) is 1.00. The van der Waals surface area contributed by atoms with E-state index in [-0.39, 0.29) is 191 Å². The number of aliphatic hydroxyl groups is 6. The van der Waals surface area contributed by atoms with Gasteiger partial charge in [-0.2, -0.15) is 0 Å². The maximum atomic E-state index is 11.6. The summed E-state index contributed by atoms with van der Waals surface area (Å²) in [5, 5.41) is 62.6. The lowest BCUT2D eigenvalue weighted by Gasteiger charge is -2.25. The average Bonchev–Trinajstić information content (AvgIpc) is 1.69. The van der Waals surface area contributed by atoms with Crippen LogP contribution in [0.4, 0.5) is 0 Å². The maximum absolute atomic E-state index is 11.6. The molecule has 8 aliphatic rings. The second-order valence-electron chi connectivity index (χ2n) is 34.6. The van der Waals surface area contributed by atoms with Crippen LogP contribution in [0.2, 0.25) is 0 Å². The number of nitrogens with two attached hydrogens (primary N) is 2. The second kappa shape index (κ2) is 49.5. The molecule has 32 atom stereocenters. The summed E-state index contributed by atoms with van der Waals surface area (Å²) < 4.78 is 123. The maximum Gasteiger partial charge on any atom is 0.197 e. The lowest BCUT2D eigenvalue weighted by molar-refractivity contribution is -0.00998. The van der Waals surface area contributed by atoms with Gasteiger partial charge in [0.15, 0.2) is 22.1 Å². The van der Waals surface area contributed by atoms with Crippen LogP contribution in [-0.2, 0) is 131 Å². The van der Waals surface area contributed by atoms with Crippen LogP contribution in [0.25, 0.3) is 0 Å². The second-order valence-corrected chi connectivity index (χ2v) is 67.7. The van der Waals surface area contributed by atoms with Crippen molar-refractivity contribution in [3.8, 4) is 0 Å². The van der Waals surface area contributed by atoms with E-state index >= 15 is 0 Å². The van der Waals surface area contributed by atoms with Crippen LogP contribution in [-0.4, -0.2) is 336 Å². The summed E-state index contributed by atoms with van der Waals surface area (Å²) in [6.45, 7) is 62.4. The molecule has 8 fully saturated rings. The predicted octanol–water partition coefficient (Wildman–Crippen LogP) is 10.1. The van der Waals surface area contributed by atoms with Gasteiger partial charge in [0.25, 0.3) is 0 Å². The zero-order valence-corrected chi connectivity index (χ0v) is 84.0. The molecule has 672 valence electrons. The standard InChI is InChI=1S/2C9H20NO3P.2C9H20NO2PS.2C9H19O4P.2C9H19O3PS/c1-6-7(2)13-8(9(6)10)5-12-14(3,4)11;1-6-7(2)13-8(5-11)9(6)10-14(3,4)12;1-6-7(2)12-8(9(6)10)5-11-13(3,4)14;1-6-7(2)12-8(5-11)9(6)10-13(3,4)14;1-6-7(2)13-8(9(6)10)5-12-14(3,4)11;1-6-7(2)12-8(5-10)9(6)13-14(3,4)11;1-6-7(2)12-8(9(6)10)5-11-13(3,4)14;1-6-7(2)11-8(5-10)9(6)12-13(3,4)14/h6-9H,5,10H2,1-4H3;6-9,11H,5H2,1-4H3,(H,10,12);6-9H,5,10H2,1-4H3;6-9,11H,5H2,1-4H3,(H,10,14);4*6-10H,5H2,1-4H3/t8*6?,7-,8+,9+/m00000000/s1. The molecule has 40 heteroatoms. The molecule has 0 aromatic carbocycles. The first-order valence-corrected chi connectivity index (χ1v) is 63.8. The molecule has 0 amide bonds. The molecular weight excluding hydrogens is 1680 g/mol. The van der Waals surface area contributed by atoms with Gasteiger partial charge in [-0.05, 0) is 121 Å². The number of hydrogen-bond acceptors (Lipinski definition) is 30. The third-order valence-electron chi connectivity index (χ3n) is 21.2. The first kappa shape index (κ1) is 113. The van der Waals surface area contributed by atoms with E-state index in [9.17, 15) is 33.6 Å². The minimum Gasteiger partial charge on any atom is -0.394 e. The van der Waals surface area contributed by atoms with E-state index in [1.807, 2.05) is 116 Å². The van der Waals surface area contributed by atoms with Crippen molar-refractivity contribution in [1.29, 1.82) is 0 Å². The molecule has 0 saturated carbocycles. The first-order chi connectivity index (χ1) is 50.6. The summed E-state index contributed by atoms with van der Waals surface area (Å²) in [4.78, 5) is 0. The minimum absolute atomic E-state index is 0.00386. The smallest absolute Gasteiger partial charge is 0.197 e. The molecule has 0 radical (unpaired) electrons. The quantitative estimate of drug-likeness (QED) is 0.0401. The van der Waals surface area contributed by atoms with Gasteiger partial charge in [-0.15, -0.1) is 0 Å². The summed E-state index contributed by atoms with van der Waals surface area (Å²) in [6, 6.07) is 0.259. The van der Waals surface area contributed by atoms with Gasteiger partial charge in [-0.3, -0.25) is 23.9 Å². The van der Waals surface area contributed by atoms with Crippen molar-refractivity contribution >= 4 is 102 Å². The monoisotopic (exact) mass is 1840 g/mol. The van der Waals surface area contributed by atoms with Crippen molar-refractivity contribution in [2.45, 2.75) is 257 Å². The lowest BCUT2D eigenvalue weighted by atomic mass is 9.98. The Labute approximate surface area is 696 Å². The molecule has 12 N–H and O–H groups in total. The van der Waals surface area contributed by atoms with E-state index in [1.54, 1.807) is 53.3 Å². The van der Waals surface area contributed by atoms with Crippen LogP contribution in [0.3, 0.4) is 0 Å². The van der Waals surface area contributed by atoms with E-state index in [4.69, 9.17) is 139 Å². The van der Waals surface area contributed by atoms with Crippen LogP contribution in [0, 0.1) is 47.3 Å². The lowest BCUT2D eigenvalue weighted by Crippen LogP contribution is -2.40. The summed E-state index contributed by atoms with van der Waals surface area (Å²) in [7, 11) is -9.69. The van der Waals surface area contributed by atoms with Crippen LogP contribution < -0.4 is 21.6 Å². The Morgan fingerprint density at radius 1 is 0.312 bits per heavy atom. The van der Waals surface area contributed by atoms with E-state index in [0.29, 0.717) is 43.5 Å². The average molecular weight is 1840 g/mol. The largest absolute Gasteiger partial charge is 0.394 e. The predicted molar refractivity (Wildman–Crippen MR) is 474 cm³/mol. The van der Waals surface area contributed by atoms with Crippen molar-refractivity contribution < 1.29 is 114 Å². The third-order valence-corrected chi connectivity index (χ3v) is 28.9. The van der Waals surface area contributed by atoms with Gasteiger partial charge in [0, 0.05) is 119 Å². The van der Waals surface area contributed by atoms with Crippen molar-refractivity contribution in [3.63, 3.8) is 0 Å². The highest BCUT2D eigenvalue weighted by atomic mass is 32.5. The van der Waals surface area contributed by atoms with Crippen LogP contribution in [0.5, 0.6) is 0 Å². The summed E-state index contributed by atoms with van der Waals surface area (Å²) in [6.07, 6.45) is -8.10. The molecular formula is C72H156N4O24P8S4. The van der Waals surface area contributed by atoms with Crippen LogP contribution in [0.1, 0.15) is 111 Å². The molecule has 0 aromatic rings. The number of aliphatic hydroxyl groups excluding tert-OH is 6. The van der Waals surface area contributed by atoms with Crippen molar-refractivity contribution in [1.82, 2.24) is 10.2 Å². The zero-order chi connectivity index (χ0) is 87.4. The Bertz CT molecular complexity index is 2730. The molecule has 8 heterocycles. The minimum atomic E-state index is -2.52. The van der Waals surface area contributed by atoms with E-state index < -0.39 is 66.6 Å². The van der Waals surface area contributed by atoms with Crippen molar-refractivity contribution in [3.05, 3.63) is 0 Å². The van der Waals surface area contributed by atoms with E-state index in [0.717, 1.165) is 0 Å². The van der Waals surface area contributed by atoms with Gasteiger partial charge >= 0.3 is 0 Å². The van der Waals surface area contributed by atoms with Crippen molar-refractivity contribution in [2.24, 2.45) is 58.8 Å².